The van der Waals surface area contributed by atoms with Crippen LogP contribution in [0.3, 0.4) is 0 Å². The van der Waals surface area contributed by atoms with Gasteiger partial charge in [0, 0.05) is 29.2 Å². The zero-order valence-electron chi connectivity index (χ0n) is 10.3. The number of anilines is 3. The third kappa shape index (κ3) is 2.71. The van der Waals surface area contributed by atoms with Gasteiger partial charge in [0.15, 0.2) is 0 Å². The van der Waals surface area contributed by atoms with Gasteiger partial charge < -0.3 is 15.8 Å². The summed E-state index contributed by atoms with van der Waals surface area (Å²) in [4.78, 5) is 0. The van der Waals surface area contributed by atoms with Crippen LogP contribution in [-0.2, 0) is 0 Å². The number of halogens is 1. The fraction of sp³-hybridized carbons (Fsp3) is 0.143. The van der Waals surface area contributed by atoms with Gasteiger partial charge in [-0.15, -0.1) is 0 Å². The molecular weight excluding hydrogens is 231 g/mol. The second kappa shape index (κ2) is 4.96. The maximum absolute atomic E-state index is 13.4. The summed E-state index contributed by atoms with van der Waals surface area (Å²) >= 11 is 0. The molecule has 0 amide bonds. The summed E-state index contributed by atoms with van der Waals surface area (Å²) in [5.41, 5.74) is 8.90. The van der Waals surface area contributed by atoms with Gasteiger partial charge in [0.25, 0.3) is 0 Å². The van der Waals surface area contributed by atoms with E-state index < -0.39 is 0 Å². The SMILES string of the molecule is COc1cc(F)cc(Nc2cc(N)ccc2C)c1. The van der Waals surface area contributed by atoms with Gasteiger partial charge in [-0.05, 0) is 30.7 Å². The van der Waals surface area contributed by atoms with Gasteiger partial charge in [0.2, 0.25) is 0 Å². The molecular formula is C14H15FN2O. The molecule has 0 aliphatic heterocycles. The first kappa shape index (κ1) is 12.2. The highest BCUT2D eigenvalue weighted by molar-refractivity contribution is 5.67. The van der Waals surface area contributed by atoms with E-state index in [1.54, 1.807) is 6.07 Å². The lowest BCUT2D eigenvalue weighted by Crippen LogP contribution is -1.96. The number of nitrogen functional groups attached to an aromatic ring is 1. The van der Waals surface area contributed by atoms with E-state index in [0.717, 1.165) is 11.3 Å². The average molecular weight is 246 g/mol. The Labute approximate surface area is 105 Å². The first-order valence-electron chi connectivity index (χ1n) is 5.56. The predicted molar refractivity (Wildman–Crippen MR) is 71.8 cm³/mol. The monoisotopic (exact) mass is 246 g/mol. The van der Waals surface area contributed by atoms with Crippen LogP contribution in [0.2, 0.25) is 0 Å². The second-order valence-electron chi connectivity index (χ2n) is 4.08. The second-order valence-corrected chi connectivity index (χ2v) is 4.08. The molecule has 0 aliphatic carbocycles. The normalized spacial score (nSPS) is 10.2. The number of hydrogen-bond donors (Lipinski definition) is 2. The van der Waals surface area contributed by atoms with E-state index in [2.05, 4.69) is 5.32 Å². The van der Waals surface area contributed by atoms with Crippen LogP contribution in [0.15, 0.2) is 36.4 Å². The number of nitrogens with two attached hydrogens (primary N) is 1. The Bertz CT molecular complexity index is 570. The molecule has 0 radical (unpaired) electrons. The fourth-order valence-electron chi connectivity index (χ4n) is 1.68. The Balaban J connectivity index is 2.33. The summed E-state index contributed by atoms with van der Waals surface area (Å²) in [6.45, 7) is 1.96. The van der Waals surface area contributed by atoms with Crippen LogP contribution in [0.4, 0.5) is 21.5 Å². The van der Waals surface area contributed by atoms with Crippen molar-refractivity contribution in [1.82, 2.24) is 0 Å². The minimum absolute atomic E-state index is 0.349. The Morgan fingerprint density at radius 2 is 1.94 bits per heavy atom. The molecule has 94 valence electrons. The molecule has 0 saturated carbocycles. The summed E-state index contributed by atoms with van der Waals surface area (Å²) in [5, 5.41) is 3.13. The Hall–Kier alpha value is -2.23. The highest BCUT2D eigenvalue weighted by Crippen LogP contribution is 2.26. The lowest BCUT2D eigenvalue weighted by Gasteiger charge is -2.11. The fourth-order valence-corrected chi connectivity index (χ4v) is 1.68. The quantitative estimate of drug-likeness (QED) is 0.815. The van der Waals surface area contributed by atoms with E-state index in [1.807, 2.05) is 25.1 Å². The third-order valence-electron chi connectivity index (χ3n) is 2.65. The van der Waals surface area contributed by atoms with Gasteiger partial charge in [-0.25, -0.2) is 4.39 Å². The van der Waals surface area contributed by atoms with Gasteiger partial charge in [-0.1, -0.05) is 6.07 Å². The van der Waals surface area contributed by atoms with Crippen LogP contribution in [-0.4, -0.2) is 7.11 Å². The van der Waals surface area contributed by atoms with Crippen LogP contribution >= 0.6 is 0 Å². The predicted octanol–water partition coefficient (Wildman–Crippen LogP) is 3.47. The average Bonchev–Trinajstić information content (AvgIpc) is 2.33. The molecule has 0 fully saturated rings. The van der Waals surface area contributed by atoms with Crippen LogP contribution in [0.5, 0.6) is 5.75 Å². The van der Waals surface area contributed by atoms with Gasteiger partial charge in [-0.3, -0.25) is 0 Å². The van der Waals surface area contributed by atoms with Crippen LogP contribution in [0.1, 0.15) is 5.56 Å². The number of ether oxygens (including phenoxy) is 1. The summed E-state index contributed by atoms with van der Waals surface area (Å²) in [6, 6.07) is 10.0. The van der Waals surface area contributed by atoms with Crippen molar-refractivity contribution >= 4 is 17.1 Å². The smallest absolute Gasteiger partial charge is 0.128 e. The number of nitrogens with one attached hydrogen (secondary N) is 1. The molecule has 0 aromatic heterocycles. The van der Waals surface area contributed by atoms with Crippen molar-refractivity contribution in [2.45, 2.75) is 6.92 Å². The number of methoxy groups -OCH3 is 1. The molecule has 3 N–H and O–H groups in total. The van der Waals surface area contributed by atoms with E-state index >= 15 is 0 Å². The molecule has 0 unspecified atom stereocenters. The molecule has 0 spiro atoms. The first-order chi connectivity index (χ1) is 8.58. The number of hydrogen-bond acceptors (Lipinski definition) is 3. The van der Waals surface area contributed by atoms with Gasteiger partial charge in [-0.2, -0.15) is 0 Å². The molecule has 0 bridgehead atoms. The molecule has 18 heavy (non-hydrogen) atoms. The molecule has 4 heteroatoms. The van der Waals surface area contributed by atoms with E-state index in [9.17, 15) is 4.39 Å². The summed E-state index contributed by atoms with van der Waals surface area (Å²) in [7, 11) is 1.50. The summed E-state index contributed by atoms with van der Waals surface area (Å²) in [6.07, 6.45) is 0. The van der Waals surface area contributed by atoms with Gasteiger partial charge in [0.1, 0.15) is 11.6 Å². The summed E-state index contributed by atoms with van der Waals surface area (Å²) < 4.78 is 18.4. The molecule has 0 atom stereocenters. The van der Waals surface area contributed by atoms with Crippen LogP contribution in [0.25, 0.3) is 0 Å². The molecule has 2 aromatic rings. The Morgan fingerprint density at radius 3 is 2.67 bits per heavy atom. The van der Waals surface area contributed by atoms with Crippen molar-refractivity contribution in [2.75, 3.05) is 18.2 Å². The lowest BCUT2D eigenvalue weighted by molar-refractivity contribution is 0.411. The third-order valence-corrected chi connectivity index (χ3v) is 2.65. The number of benzene rings is 2. The van der Waals surface area contributed by atoms with Crippen molar-refractivity contribution in [1.29, 1.82) is 0 Å². The molecule has 0 saturated heterocycles. The highest BCUT2D eigenvalue weighted by Gasteiger charge is 2.04. The number of aryl methyl sites for hydroxylation is 1. The van der Waals surface area contributed by atoms with Crippen LogP contribution in [0, 0.1) is 12.7 Å². The molecule has 2 aromatic carbocycles. The zero-order valence-corrected chi connectivity index (χ0v) is 10.3. The molecule has 2 rings (SSSR count). The maximum atomic E-state index is 13.4. The topological polar surface area (TPSA) is 47.3 Å². The maximum Gasteiger partial charge on any atom is 0.128 e. The summed E-state index contributed by atoms with van der Waals surface area (Å²) in [5.74, 6) is 0.123. The number of rotatable bonds is 3. The Morgan fingerprint density at radius 1 is 1.17 bits per heavy atom. The van der Waals surface area contributed by atoms with E-state index in [1.165, 1.54) is 19.2 Å². The van der Waals surface area contributed by atoms with Gasteiger partial charge in [0.05, 0.1) is 7.11 Å². The van der Waals surface area contributed by atoms with E-state index in [-0.39, 0.29) is 5.82 Å². The van der Waals surface area contributed by atoms with E-state index in [4.69, 9.17) is 10.5 Å². The molecule has 0 heterocycles. The van der Waals surface area contributed by atoms with Crippen molar-refractivity contribution in [2.24, 2.45) is 0 Å². The van der Waals surface area contributed by atoms with Crippen molar-refractivity contribution < 1.29 is 9.13 Å². The van der Waals surface area contributed by atoms with E-state index in [0.29, 0.717) is 17.1 Å². The van der Waals surface area contributed by atoms with Crippen molar-refractivity contribution in [3.63, 3.8) is 0 Å². The largest absolute Gasteiger partial charge is 0.497 e. The molecule has 3 nitrogen and oxygen atoms in total. The molecule has 0 aliphatic rings. The Kier molecular flexibility index (Phi) is 3.37. The highest BCUT2D eigenvalue weighted by atomic mass is 19.1. The standard InChI is InChI=1S/C14H15FN2O/c1-9-3-4-11(16)7-14(9)17-12-5-10(15)6-13(8-12)18-2/h3-8,17H,16H2,1-2H3. The zero-order chi connectivity index (χ0) is 13.1. The first-order valence-corrected chi connectivity index (χ1v) is 5.56. The van der Waals surface area contributed by atoms with Crippen molar-refractivity contribution in [3.8, 4) is 5.75 Å². The lowest BCUT2D eigenvalue weighted by atomic mass is 10.1. The van der Waals surface area contributed by atoms with Gasteiger partial charge >= 0.3 is 0 Å². The minimum atomic E-state index is -0.349. The minimum Gasteiger partial charge on any atom is -0.497 e. The van der Waals surface area contributed by atoms with Crippen LogP contribution < -0.4 is 15.8 Å². The van der Waals surface area contributed by atoms with Crippen molar-refractivity contribution in [3.05, 3.63) is 47.8 Å².